The Kier molecular flexibility index (Phi) is 6.21. The number of carbonyl (C=O) groups is 3. The molecule has 1 aromatic rings. The summed E-state index contributed by atoms with van der Waals surface area (Å²) in [5.41, 5.74) is 0.600. The molecule has 4 saturated carbocycles. The molecule has 1 aromatic carbocycles. The molecule has 6 heteroatoms. The van der Waals surface area contributed by atoms with Gasteiger partial charge in [-0.15, -0.1) is 0 Å². The molecule has 0 unspecified atom stereocenters. The van der Waals surface area contributed by atoms with E-state index in [1.807, 2.05) is 0 Å². The zero-order chi connectivity index (χ0) is 21.1. The molecule has 1 amide bonds. The molecule has 4 aliphatic carbocycles. The van der Waals surface area contributed by atoms with Crippen molar-refractivity contribution in [3.63, 3.8) is 0 Å². The van der Waals surface area contributed by atoms with Gasteiger partial charge < -0.3 is 10.1 Å². The van der Waals surface area contributed by atoms with E-state index in [9.17, 15) is 18.8 Å². The fourth-order valence-corrected chi connectivity index (χ4v) is 6.33. The van der Waals surface area contributed by atoms with Crippen molar-refractivity contribution in [2.45, 2.75) is 57.8 Å². The molecule has 0 aromatic heterocycles. The molecule has 162 valence electrons. The highest BCUT2D eigenvalue weighted by atomic mass is 19.1. The standard InChI is InChI=1S/C24H30FNO4/c25-20-5-3-19(4-6-20)21(27)2-1-7-30-23(29)15-26-22(28)14-24-11-16-8-17(12-24)10-18(9-16)13-24/h3-6,16-18H,1-2,7-15H2,(H,26,28). The largest absolute Gasteiger partial charge is 0.464 e. The minimum atomic E-state index is -0.483. The maximum atomic E-state index is 12.9. The molecule has 1 N–H and O–H groups in total. The van der Waals surface area contributed by atoms with Gasteiger partial charge in [0.2, 0.25) is 5.91 Å². The van der Waals surface area contributed by atoms with Gasteiger partial charge in [0.1, 0.15) is 12.4 Å². The van der Waals surface area contributed by atoms with Crippen LogP contribution in [-0.2, 0) is 14.3 Å². The van der Waals surface area contributed by atoms with Gasteiger partial charge in [0.15, 0.2) is 5.78 Å². The number of Topliss-reactive ketones (excluding diaryl/α,β-unsaturated/α-hetero) is 1. The molecule has 4 bridgehead atoms. The first-order chi connectivity index (χ1) is 14.4. The minimum Gasteiger partial charge on any atom is -0.464 e. The Hall–Kier alpha value is -2.24. The zero-order valence-electron chi connectivity index (χ0n) is 17.3. The highest BCUT2D eigenvalue weighted by Gasteiger charge is 2.51. The van der Waals surface area contributed by atoms with E-state index in [1.54, 1.807) is 0 Å². The number of halogens is 1. The van der Waals surface area contributed by atoms with Crippen LogP contribution in [-0.4, -0.2) is 30.8 Å². The maximum Gasteiger partial charge on any atom is 0.325 e. The van der Waals surface area contributed by atoms with Crippen LogP contribution < -0.4 is 5.32 Å². The quantitative estimate of drug-likeness (QED) is 0.375. The van der Waals surface area contributed by atoms with Crippen molar-refractivity contribution in [3.8, 4) is 0 Å². The van der Waals surface area contributed by atoms with Crippen LogP contribution in [0.1, 0.15) is 68.1 Å². The van der Waals surface area contributed by atoms with Crippen molar-refractivity contribution in [2.75, 3.05) is 13.2 Å². The summed E-state index contributed by atoms with van der Waals surface area (Å²) in [5, 5.41) is 2.72. The van der Waals surface area contributed by atoms with Crippen molar-refractivity contribution in [1.29, 1.82) is 0 Å². The summed E-state index contributed by atoms with van der Waals surface area (Å²) in [5.74, 6) is 1.36. The lowest BCUT2D eigenvalue weighted by Crippen LogP contribution is -2.48. The second-order valence-electron chi connectivity index (χ2n) is 9.63. The summed E-state index contributed by atoms with van der Waals surface area (Å²) in [6.07, 6.45) is 8.66. The normalized spacial score (nSPS) is 28.9. The number of amides is 1. The monoisotopic (exact) mass is 415 g/mol. The lowest BCUT2D eigenvalue weighted by atomic mass is 9.49. The van der Waals surface area contributed by atoms with Crippen LogP contribution >= 0.6 is 0 Å². The van der Waals surface area contributed by atoms with E-state index < -0.39 is 5.97 Å². The Bertz CT molecular complexity index is 769. The fourth-order valence-electron chi connectivity index (χ4n) is 6.33. The van der Waals surface area contributed by atoms with Crippen LogP contribution in [0.2, 0.25) is 0 Å². The van der Waals surface area contributed by atoms with E-state index in [0.717, 1.165) is 17.8 Å². The van der Waals surface area contributed by atoms with E-state index in [-0.39, 0.29) is 42.5 Å². The summed E-state index contributed by atoms with van der Waals surface area (Å²) in [6, 6.07) is 5.39. The van der Waals surface area contributed by atoms with Crippen LogP contribution in [0.25, 0.3) is 0 Å². The number of esters is 1. The Morgan fingerprint density at radius 2 is 1.60 bits per heavy atom. The number of hydrogen-bond acceptors (Lipinski definition) is 4. The minimum absolute atomic E-state index is 0.0552. The predicted octanol–water partition coefficient (Wildman–Crippen LogP) is 4.05. The molecule has 0 heterocycles. The fraction of sp³-hybridized carbons (Fsp3) is 0.625. The first kappa shape index (κ1) is 21.0. The van der Waals surface area contributed by atoms with Gasteiger partial charge in [0.05, 0.1) is 6.61 Å². The van der Waals surface area contributed by atoms with E-state index in [4.69, 9.17) is 4.74 Å². The molecule has 4 fully saturated rings. The summed E-state index contributed by atoms with van der Waals surface area (Å²) < 4.78 is 18.0. The number of carbonyl (C=O) groups excluding carboxylic acids is 3. The Morgan fingerprint density at radius 1 is 1.00 bits per heavy atom. The van der Waals surface area contributed by atoms with Crippen LogP contribution in [0.4, 0.5) is 4.39 Å². The molecule has 0 atom stereocenters. The van der Waals surface area contributed by atoms with Crippen LogP contribution in [0, 0.1) is 29.0 Å². The SMILES string of the molecule is O=C(CC12CC3CC(CC(C3)C1)C2)NCC(=O)OCCCC(=O)c1ccc(F)cc1. The van der Waals surface area contributed by atoms with Crippen LogP contribution in [0.15, 0.2) is 24.3 Å². The molecular formula is C24H30FNO4. The molecule has 0 spiro atoms. The average Bonchev–Trinajstić information content (AvgIpc) is 2.68. The van der Waals surface area contributed by atoms with Crippen molar-refractivity contribution in [2.24, 2.45) is 23.2 Å². The third kappa shape index (κ3) is 5.08. The van der Waals surface area contributed by atoms with Gasteiger partial charge in [0, 0.05) is 18.4 Å². The lowest BCUT2D eigenvalue weighted by molar-refractivity contribution is -0.144. The molecule has 0 radical (unpaired) electrons. The van der Waals surface area contributed by atoms with Crippen molar-refractivity contribution in [3.05, 3.63) is 35.6 Å². The Labute approximate surface area is 176 Å². The highest BCUT2D eigenvalue weighted by Crippen LogP contribution is 2.61. The predicted molar refractivity (Wildman–Crippen MR) is 109 cm³/mol. The van der Waals surface area contributed by atoms with Gasteiger partial charge in [-0.25, -0.2) is 4.39 Å². The van der Waals surface area contributed by atoms with Crippen molar-refractivity contribution in [1.82, 2.24) is 5.32 Å². The Morgan fingerprint density at radius 3 is 2.20 bits per heavy atom. The molecule has 5 nitrogen and oxygen atoms in total. The zero-order valence-corrected chi connectivity index (χ0v) is 17.3. The summed E-state index contributed by atoms with van der Waals surface area (Å²) >= 11 is 0. The van der Waals surface area contributed by atoms with Gasteiger partial charge in [-0.05, 0) is 92.4 Å². The number of nitrogens with one attached hydrogen (secondary N) is 1. The van der Waals surface area contributed by atoms with E-state index in [2.05, 4.69) is 5.32 Å². The number of ketones is 1. The van der Waals surface area contributed by atoms with Crippen molar-refractivity contribution < 1.29 is 23.5 Å². The van der Waals surface area contributed by atoms with Crippen LogP contribution in [0.3, 0.4) is 0 Å². The third-order valence-corrected chi connectivity index (χ3v) is 7.11. The maximum absolute atomic E-state index is 12.9. The Balaban J connectivity index is 1.12. The second-order valence-corrected chi connectivity index (χ2v) is 9.63. The summed E-state index contributed by atoms with van der Waals surface area (Å²) in [4.78, 5) is 36.3. The highest BCUT2D eigenvalue weighted by molar-refractivity contribution is 5.96. The number of ether oxygens (including phenoxy) is 1. The van der Waals surface area contributed by atoms with Gasteiger partial charge in [-0.3, -0.25) is 14.4 Å². The number of rotatable bonds is 9. The molecular weight excluding hydrogens is 385 g/mol. The molecule has 0 saturated heterocycles. The molecule has 5 rings (SSSR count). The number of benzene rings is 1. The van der Waals surface area contributed by atoms with Gasteiger partial charge in [0.25, 0.3) is 0 Å². The number of hydrogen-bond donors (Lipinski definition) is 1. The molecule has 0 aliphatic heterocycles. The third-order valence-electron chi connectivity index (χ3n) is 7.11. The van der Waals surface area contributed by atoms with Gasteiger partial charge in [-0.2, -0.15) is 0 Å². The van der Waals surface area contributed by atoms with E-state index in [1.165, 1.54) is 62.8 Å². The molecule has 30 heavy (non-hydrogen) atoms. The molecule has 4 aliphatic rings. The first-order valence-corrected chi connectivity index (χ1v) is 11.1. The van der Waals surface area contributed by atoms with Gasteiger partial charge >= 0.3 is 5.97 Å². The summed E-state index contributed by atoms with van der Waals surface area (Å²) in [7, 11) is 0. The van der Waals surface area contributed by atoms with E-state index >= 15 is 0 Å². The second kappa shape index (κ2) is 8.86. The smallest absolute Gasteiger partial charge is 0.325 e. The average molecular weight is 416 g/mol. The van der Waals surface area contributed by atoms with Gasteiger partial charge in [-0.1, -0.05) is 0 Å². The summed E-state index contributed by atoms with van der Waals surface area (Å²) in [6.45, 7) is -0.00623. The van der Waals surface area contributed by atoms with E-state index in [0.29, 0.717) is 18.4 Å². The first-order valence-electron chi connectivity index (χ1n) is 11.1. The van der Waals surface area contributed by atoms with Crippen molar-refractivity contribution >= 4 is 17.7 Å². The lowest BCUT2D eigenvalue weighted by Gasteiger charge is -2.56. The van der Waals surface area contributed by atoms with Crippen LogP contribution in [0.5, 0.6) is 0 Å². The topological polar surface area (TPSA) is 72.5 Å².